The van der Waals surface area contributed by atoms with Crippen molar-refractivity contribution in [3.63, 3.8) is 0 Å². The van der Waals surface area contributed by atoms with Gasteiger partial charge >= 0.3 is 5.97 Å². The molecule has 1 rings (SSSR count). The predicted octanol–water partition coefficient (Wildman–Crippen LogP) is 3.62. The topological polar surface area (TPSA) is 26.3 Å². The fourth-order valence-electron chi connectivity index (χ4n) is 1.15. The first-order valence-corrected chi connectivity index (χ1v) is 5.34. The van der Waals surface area contributed by atoms with E-state index in [2.05, 4.69) is 20.7 Å². The number of esters is 1. The normalized spacial score (nSPS) is 9.75. The van der Waals surface area contributed by atoms with Gasteiger partial charge < -0.3 is 4.74 Å². The lowest BCUT2D eigenvalue weighted by molar-refractivity contribution is -0.136. The molecule has 1 aromatic rings. The molecule has 0 unspecified atom stereocenters. The van der Waals surface area contributed by atoms with Gasteiger partial charge in [0.1, 0.15) is 5.57 Å². The highest BCUT2D eigenvalue weighted by molar-refractivity contribution is 9.10. The lowest BCUT2D eigenvalue weighted by atomic mass is 10.1. The minimum absolute atomic E-state index is 0.0591. The van der Waals surface area contributed by atoms with Gasteiger partial charge in [-0.25, -0.2) is 4.79 Å². The molecule has 0 radical (unpaired) electrons. The Morgan fingerprint density at radius 1 is 1.44 bits per heavy atom. The van der Waals surface area contributed by atoms with Crippen LogP contribution in [0, 0.1) is 0 Å². The smallest absolute Gasteiger partial charge is 0.344 e. The molecule has 0 spiro atoms. The quantitative estimate of drug-likeness (QED) is 0.628. The summed E-state index contributed by atoms with van der Waals surface area (Å²) in [5, 5.41) is 0. The molecule has 2 nitrogen and oxygen atoms in total. The van der Waals surface area contributed by atoms with Crippen LogP contribution in [0.25, 0.3) is 5.57 Å². The lowest BCUT2D eigenvalue weighted by Crippen LogP contribution is -2.07. The Morgan fingerprint density at radius 2 is 2.12 bits per heavy atom. The average Bonchev–Trinajstić information content (AvgIpc) is 2.17. The van der Waals surface area contributed by atoms with Crippen molar-refractivity contribution >= 4 is 27.5 Å². The summed E-state index contributed by atoms with van der Waals surface area (Å²) in [4.78, 5) is 11.3. The summed E-state index contributed by atoms with van der Waals surface area (Å²) in [6.07, 6.45) is -2.04. The molecule has 0 fully saturated rings. The maximum atomic E-state index is 12.7. The third-order valence-electron chi connectivity index (χ3n) is 1.78. The number of carbonyl (C=O) groups excluding carboxylic acids is 1. The predicted molar refractivity (Wildman–Crippen MR) is 59.9 cm³/mol. The highest BCUT2D eigenvalue weighted by Gasteiger charge is 2.19. The first-order chi connectivity index (χ1) is 7.56. The van der Waals surface area contributed by atoms with Crippen LogP contribution in [0.15, 0.2) is 34.8 Å². The van der Waals surface area contributed by atoms with Gasteiger partial charge in [0.2, 0.25) is 0 Å². The molecule has 0 heterocycles. The number of rotatable bonds is 3. The van der Waals surface area contributed by atoms with Gasteiger partial charge in [0.05, 0.1) is 6.61 Å². The van der Waals surface area contributed by atoms with E-state index in [1.807, 2.05) is 0 Å². The van der Waals surface area contributed by atoms with Crippen molar-refractivity contribution in [2.45, 2.75) is 6.92 Å². The second kappa shape index (κ2) is 5.75. The van der Waals surface area contributed by atoms with Crippen molar-refractivity contribution in [1.29, 1.82) is 0 Å². The highest BCUT2D eigenvalue weighted by Crippen LogP contribution is 2.24. The molecule has 0 atom stereocenters. The minimum Gasteiger partial charge on any atom is -0.462 e. The summed E-state index contributed by atoms with van der Waals surface area (Å²) >= 11 is 3.15. The SMILES string of the molecule is CCOC(=O)C(=C(F)F)c1cccc(Br)c1. The fourth-order valence-corrected chi connectivity index (χ4v) is 1.55. The maximum absolute atomic E-state index is 12.7. The summed E-state index contributed by atoms with van der Waals surface area (Å²) in [7, 11) is 0. The zero-order chi connectivity index (χ0) is 12.1. The molecule has 0 saturated carbocycles. The van der Waals surface area contributed by atoms with Crippen LogP contribution in [0.5, 0.6) is 0 Å². The summed E-state index contributed by atoms with van der Waals surface area (Å²) in [5.74, 6) is -1.01. The van der Waals surface area contributed by atoms with Crippen LogP contribution in [-0.4, -0.2) is 12.6 Å². The fraction of sp³-hybridized carbons (Fsp3) is 0.182. The van der Waals surface area contributed by atoms with E-state index in [1.54, 1.807) is 19.1 Å². The van der Waals surface area contributed by atoms with Gasteiger partial charge in [-0.3, -0.25) is 0 Å². The largest absolute Gasteiger partial charge is 0.462 e. The molecule has 5 heteroatoms. The number of ether oxygens (including phenoxy) is 1. The molecule has 0 aliphatic heterocycles. The zero-order valence-electron chi connectivity index (χ0n) is 8.47. The van der Waals surface area contributed by atoms with Crippen LogP contribution < -0.4 is 0 Å². The van der Waals surface area contributed by atoms with E-state index >= 15 is 0 Å². The van der Waals surface area contributed by atoms with Gasteiger partial charge in [-0.2, -0.15) is 8.78 Å². The van der Waals surface area contributed by atoms with Crippen LogP contribution in [0.4, 0.5) is 8.78 Å². The molecule has 0 aliphatic carbocycles. The van der Waals surface area contributed by atoms with E-state index in [-0.39, 0.29) is 12.2 Å². The van der Waals surface area contributed by atoms with Crippen molar-refractivity contribution in [3.05, 3.63) is 40.4 Å². The van der Waals surface area contributed by atoms with Gasteiger partial charge in [-0.15, -0.1) is 0 Å². The van der Waals surface area contributed by atoms with E-state index in [4.69, 9.17) is 0 Å². The highest BCUT2D eigenvalue weighted by atomic mass is 79.9. The second-order valence-corrected chi connectivity index (χ2v) is 3.78. The molecule has 86 valence electrons. The van der Waals surface area contributed by atoms with Crippen LogP contribution in [0.1, 0.15) is 12.5 Å². The number of hydrogen-bond donors (Lipinski definition) is 0. The molecule has 1 aromatic carbocycles. The van der Waals surface area contributed by atoms with E-state index in [0.29, 0.717) is 4.47 Å². The summed E-state index contributed by atoms with van der Waals surface area (Å²) in [6.45, 7) is 1.62. The van der Waals surface area contributed by atoms with Crippen molar-refractivity contribution in [1.82, 2.24) is 0 Å². The van der Waals surface area contributed by atoms with Crippen LogP contribution in [0.2, 0.25) is 0 Å². The molecular weight excluding hydrogens is 282 g/mol. The summed E-state index contributed by atoms with van der Waals surface area (Å²) in [6, 6.07) is 6.12. The van der Waals surface area contributed by atoms with E-state index in [1.165, 1.54) is 12.1 Å². The molecule has 0 aliphatic rings. The first-order valence-electron chi connectivity index (χ1n) is 4.54. The molecule has 0 saturated heterocycles. The van der Waals surface area contributed by atoms with Gasteiger partial charge in [-0.05, 0) is 24.6 Å². The van der Waals surface area contributed by atoms with Gasteiger partial charge in [-0.1, -0.05) is 28.1 Å². The minimum atomic E-state index is -2.04. The number of halogens is 3. The van der Waals surface area contributed by atoms with Crippen molar-refractivity contribution < 1.29 is 18.3 Å². The number of benzene rings is 1. The summed E-state index contributed by atoms with van der Waals surface area (Å²) < 4.78 is 30.5. The molecule has 0 bridgehead atoms. The Bertz CT molecular complexity index is 426. The zero-order valence-corrected chi connectivity index (χ0v) is 10.1. The third kappa shape index (κ3) is 3.13. The standard InChI is InChI=1S/C11H9BrF2O2/c1-2-16-11(15)9(10(13)14)7-4-3-5-8(12)6-7/h3-6H,2H2,1H3. The molecule has 0 N–H and O–H groups in total. The van der Waals surface area contributed by atoms with E-state index < -0.39 is 17.6 Å². The maximum Gasteiger partial charge on any atom is 0.344 e. The van der Waals surface area contributed by atoms with Gasteiger partial charge in [0, 0.05) is 4.47 Å². The Morgan fingerprint density at radius 3 is 2.62 bits per heavy atom. The molecule has 0 aromatic heterocycles. The number of hydrogen-bond acceptors (Lipinski definition) is 2. The van der Waals surface area contributed by atoms with Gasteiger partial charge in [0.25, 0.3) is 6.08 Å². The summed E-state index contributed by atoms with van der Waals surface area (Å²) in [5.41, 5.74) is -0.559. The monoisotopic (exact) mass is 290 g/mol. The Hall–Kier alpha value is -1.23. The third-order valence-corrected chi connectivity index (χ3v) is 2.28. The van der Waals surface area contributed by atoms with Crippen molar-refractivity contribution in [3.8, 4) is 0 Å². The van der Waals surface area contributed by atoms with E-state index in [9.17, 15) is 13.6 Å². The van der Waals surface area contributed by atoms with Crippen LogP contribution in [0.3, 0.4) is 0 Å². The Balaban J connectivity index is 3.15. The van der Waals surface area contributed by atoms with Crippen LogP contribution in [-0.2, 0) is 9.53 Å². The molecule has 16 heavy (non-hydrogen) atoms. The second-order valence-electron chi connectivity index (χ2n) is 2.87. The van der Waals surface area contributed by atoms with Crippen LogP contribution >= 0.6 is 15.9 Å². The lowest BCUT2D eigenvalue weighted by Gasteiger charge is -2.06. The Labute approximate surface area is 100 Å². The van der Waals surface area contributed by atoms with E-state index in [0.717, 1.165) is 0 Å². The Kier molecular flexibility index (Phi) is 4.61. The first kappa shape index (κ1) is 12.8. The van der Waals surface area contributed by atoms with Crippen molar-refractivity contribution in [2.75, 3.05) is 6.61 Å². The van der Waals surface area contributed by atoms with Crippen molar-refractivity contribution in [2.24, 2.45) is 0 Å². The number of carbonyl (C=O) groups is 1. The average molecular weight is 291 g/mol. The molecule has 0 amide bonds. The molecular formula is C11H9BrF2O2. The van der Waals surface area contributed by atoms with Gasteiger partial charge in [0.15, 0.2) is 0 Å².